The lowest BCUT2D eigenvalue weighted by atomic mass is 10.1. The number of aromatic hydroxyl groups is 1. The van der Waals surface area contributed by atoms with Crippen LogP contribution in [0.25, 0.3) is 5.69 Å². The van der Waals surface area contributed by atoms with E-state index < -0.39 is 34.9 Å². The highest BCUT2D eigenvalue weighted by Crippen LogP contribution is 2.42. The molecule has 0 aliphatic rings. The second kappa shape index (κ2) is 11.7. The molecule has 0 spiro atoms. The van der Waals surface area contributed by atoms with Crippen LogP contribution in [0.4, 0.5) is 26.3 Å². The Morgan fingerprint density at radius 1 is 0.897 bits per heavy atom. The van der Waals surface area contributed by atoms with Gasteiger partial charge in [0.05, 0.1) is 5.56 Å². The summed E-state index contributed by atoms with van der Waals surface area (Å²) in [4.78, 5) is 6.96. The van der Waals surface area contributed by atoms with Gasteiger partial charge in [0.1, 0.15) is 36.6 Å². The lowest BCUT2D eigenvalue weighted by Gasteiger charge is -2.16. The van der Waals surface area contributed by atoms with Crippen molar-refractivity contribution >= 4 is 0 Å². The Bertz CT molecular complexity index is 783. The van der Waals surface area contributed by atoms with E-state index >= 15 is 0 Å². The monoisotopic (exact) mass is 426 g/mol. The highest BCUT2D eigenvalue weighted by Gasteiger charge is 2.40. The summed E-state index contributed by atoms with van der Waals surface area (Å²) in [5.41, 5.74) is -4.10. The summed E-state index contributed by atoms with van der Waals surface area (Å²) in [5, 5.41) is 18.9. The fourth-order valence-electron chi connectivity index (χ4n) is 1.67. The molecule has 0 atom stereocenters. The molecule has 3 aromatic rings. The second-order valence-corrected chi connectivity index (χ2v) is 4.38. The van der Waals surface area contributed by atoms with Crippen molar-refractivity contribution in [3.63, 3.8) is 0 Å². The van der Waals surface area contributed by atoms with E-state index in [1.54, 1.807) is 0 Å². The normalized spacial score (nSPS) is 10.6. The van der Waals surface area contributed by atoms with Gasteiger partial charge >= 0.3 is 12.4 Å². The topological polar surface area (TPSA) is 92.5 Å². The Hall–Kier alpha value is -3.12. The van der Waals surface area contributed by atoms with Crippen LogP contribution in [0.5, 0.6) is 5.75 Å². The summed E-state index contributed by atoms with van der Waals surface area (Å²) in [6.07, 6.45) is -5.40. The summed E-state index contributed by atoms with van der Waals surface area (Å²) in [6.45, 7) is 8.00. The standard InChI is InChI=1S/C10H5F6N3O.C2H3N3.2C2H6/c11-9(12,13)5-1-6(10(14,15)16)8(20)7(2-5)19-4-17-3-18-19;1-3-2-5-4-1;2*1-2/h1-4,20H;1-2H,(H,3,4,5);2*1-2H3. The van der Waals surface area contributed by atoms with Gasteiger partial charge < -0.3 is 5.11 Å². The molecule has 0 saturated carbocycles. The molecular formula is C16H20F6N6O. The molecule has 162 valence electrons. The lowest BCUT2D eigenvalue weighted by Crippen LogP contribution is -2.13. The number of hydrogen-bond donors (Lipinski definition) is 2. The first-order valence-corrected chi connectivity index (χ1v) is 8.26. The fraction of sp³-hybridized carbons (Fsp3) is 0.375. The van der Waals surface area contributed by atoms with Crippen LogP contribution in [0.3, 0.4) is 0 Å². The van der Waals surface area contributed by atoms with Crippen LogP contribution in [-0.2, 0) is 12.4 Å². The lowest BCUT2D eigenvalue weighted by molar-refractivity contribution is -0.143. The maximum atomic E-state index is 12.7. The highest BCUT2D eigenvalue weighted by molar-refractivity contribution is 5.54. The molecule has 0 saturated heterocycles. The van der Waals surface area contributed by atoms with Gasteiger partial charge in [-0.25, -0.2) is 14.6 Å². The number of halogens is 6. The van der Waals surface area contributed by atoms with Gasteiger partial charge in [-0.05, 0) is 12.1 Å². The third-order valence-corrected chi connectivity index (χ3v) is 2.72. The first kappa shape index (κ1) is 25.9. The highest BCUT2D eigenvalue weighted by atomic mass is 19.4. The van der Waals surface area contributed by atoms with Crippen LogP contribution in [0.1, 0.15) is 38.8 Å². The van der Waals surface area contributed by atoms with Crippen molar-refractivity contribution < 1.29 is 31.4 Å². The zero-order valence-electron chi connectivity index (χ0n) is 15.9. The number of phenols is 1. The third kappa shape index (κ3) is 7.79. The van der Waals surface area contributed by atoms with Gasteiger partial charge in [-0.1, -0.05) is 27.7 Å². The molecule has 0 aliphatic heterocycles. The zero-order chi connectivity index (χ0) is 22.7. The number of benzene rings is 1. The number of aromatic amines is 1. The number of phenolic OH excluding ortho intramolecular Hbond substituents is 1. The molecule has 7 nitrogen and oxygen atoms in total. The molecule has 0 bridgehead atoms. The molecule has 0 unspecified atom stereocenters. The Kier molecular flexibility index (Phi) is 10.4. The Morgan fingerprint density at radius 2 is 1.52 bits per heavy atom. The summed E-state index contributed by atoms with van der Waals surface area (Å²) in [7, 11) is 0. The molecule has 0 radical (unpaired) electrons. The van der Waals surface area contributed by atoms with Crippen molar-refractivity contribution in [1.29, 1.82) is 0 Å². The van der Waals surface area contributed by atoms with Crippen molar-refractivity contribution in [1.82, 2.24) is 29.9 Å². The molecule has 2 aromatic heterocycles. The number of rotatable bonds is 1. The summed E-state index contributed by atoms with van der Waals surface area (Å²) >= 11 is 0. The fourth-order valence-corrected chi connectivity index (χ4v) is 1.67. The van der Waals surface area contributed by atoms with Crippen molar-refractivity contribution in [2.24, 2.45) is 0 Å². The molecule has 0 aliphatic carbocycles. The minimum atomic E-state index is -5.14. The first-order valence-electron chi connectivity index (χ1n) is 8.26. The molecule has 0 amide bonds. The number of nitrogens with one attached hydrogen (secondary N) is 1. The number of nitrogens with zero attached hydrogens (tertiary/aromatic N) is 5. The van der Waals surface area contributed by atoms with Crippen molar-refractivity contribution in [3.8, 4) is 11.4 Å². The van der Waals surface area contributed by atoms with Gasteiger partial charge in [0.15, 0.2) is 5.75 Å². The molecular weight excluding hydrogens is 406 g/mol. The van der Waals surface area contributed by atoms with Crippen LogP contribution in [-0.4, -0.2) is 35.1 Å². The minimum Gasteiger partial charge on any atom is -0.505 e. The quantitative estimate of drug-likeness (QED) is 0.542. The Labute approximate surface area is 162 Å². The van der Waals surface area contributed by atoms with E-state index in [2.05, 4.69) is 25.3 Å². The predicted molar refractivity (Wildman–Crippen MR) is 92.1 cm³/mol. The van der Waals surface area contributed by atoms with Crippen molar-refractivity contribution in [2.45, 2.75) is 40.0 Å². The molecule has 2 N–H and O–H groups in total. The van der Waals surface area contributed by atoms with E-state index in [9.17, 15) is 31.4 Å². The van der Waals surface area contributed by atoms with E-state index in [0.717, 1.165) is 12.7 Å². The van der Waals surface area contributed by atoms with E-state index in [-0.39, 0.29) is 6.07 Å². The number of alkyl halides is 6. The molecule has 0 fully saturated rings. The van der Waals surface area contributed by atoms with Gasteiger partial charge in [-0.3, -0.25) is 5.10 Å². The Balaban J connectivity index is 0.000000732. The smallest absolute Gasteiger partial charge is 0.420 e. The van der Waals surface area contributed by atoms with Crippen molar-refractivity contribution in [3.05, 3.63) is 48.6 Å². The van der Waals surface area contributed by atoms with Gasteiger partial charge in [-0.15, -0.1) is 0 Å². The third-order valence-electron chi connectivity index (χ3n) is 2.72. The summed E-state index contributed by atoms with van der Waals surface area (Å²) in [6, 6.07) is 0.203. The van der Waals surface area contributed by atoms with E-state index in [1.807, 2.05) is 27.7 Å². The van der Waals surface area contributed by atoms with E-state index in [0.29, 0.717) is 10.7 Å². The molecule has 13 heteroatoms. The molecule has 3 rings (SSSR count). The van der Waals surface area contributed by atoms with Crippen LogP contribution in [0.15, 0.2) is 37.4 Å². The maximum Gasteiger partial charge on any atom is 0.420 e. The van der Waals surface area contributed by atoms with Crippen LogP contribution in [0.2, 0.25) is 0 Å². The maximum absolute atomic E-state index is 12.7. The number of hydrogen-bond acceptors (Lipinski definition) is 5. The first-order chi connectivity index (χ1) is 13.6. The number of H-pyrrole nitrogens is 1. The van der Waals surface area contributed by atoms with Gasteiger partial charge in [0.2, 0.25) is 0 Å². The van der Waals surface area contributed by atoms with Gasteiger partial charge in [-0.2, -0.15) is 36.5 Å². The minimum absolute atomic E-state index is 0.157. The van der Waals surface area contributed by atoms with Gasteiger partial charge in [0.25, 0.3) is 0 Å². The summed E-state index contributed by atoms with van der Waals surface area (Å²) in [5.74, 6) is -1.35. The van der Waals surface area contributed by atoms with Crippen LogP contribution < -0.4 is 0 Å². The van der Waals surface area contributed by atoms with Crippen molar-refractivity contribution in [2.75, 3.05) is 0 Å². The largest absolute Gasteiger partial charge is 0.505 e. The summed E-state index contributed by atoms with van der Waals surface area (Å²) < 4.78 is 76.5. The van der Waals surface area contributed by atoms with Crippen LogP contribution >= 0.6 is 0 Å². The second-order valence-electron chi connectivity index (χ2n) is 4.38. The molecule has 29 heavy (non-hydrogen) atoms. The average Bonchev–Trinajstić information content (AvgIpc) is 3.40. The molecule has 1 aromatic carbocycles. The van der Waals surface area contributed by atoms with E-state index in [1.165, 1.54) is 12.7 Å². The number of aromatic nitrogens is 6. The zero-order valence-corrected chi connectivity index (χ0v) is 15.9. The van der Waals surface area contributed by atoms with E-state index in [4.69, 9.17) is 0 Å². The predicted octanol–water partition coefficient (Wildman–Crippen LogP) is 4.87. The average molecular weight is 426 g/mol. The molecule has 2 heterocycles. The Morgan fingerprint density at radius 3 is 1.86 bits per heavy atom. The van der Waals surface area contributed by atoms with Crippen LogP contribution in [0, 0.1) is 0 Å². The van der Waals surface area contributed by atoms with Gasteiger partial charge in [0, 0.05) is 0 Å². The SMILES string of the molecule is CC.CC.Oc1c(-n2cncn2)cc(C(F)(F)F)cc1C(F)(F)F.c1nc[nH]n1.